The fourth-order valence-electron chi connectivity index (χ4n) is 1.97. The Bertz CT molecular complexity index is 453. The number of nitrogens with two attached hydrogens (primary N) is 1. The predicted molar refractivity (Wildman–Crippen MR) is 62.3 cm³/mol. The summed E-state index contributed by atoms with van der Waals surface area (Å²) in [6.07, 6.45) is -3.81. The summed E-state index contributed by atoms with van der Waals surface area (Å²) in [4.78, 5) is 8.76. The minimum Gasteiger partial charge on any atom is -0.391 e. The van der Waals surface area contributed by atoms with Crippen LogP contribution in [0.4, 0.5) is 24.9 Å². The SMILES string of the molecule is NNc1nc(N2CCCC(O)C2)cc(C(F)(F)F)n1. The molecule has 0 saturated carbocycles. The number of hydrogen-bond donors (Lipinski definition) is 3. The fourth-order valence-corrected chi connectivity index (χ4v) is 1.97. The van der Waals surface area contributed by atoms with Gasteiger partial charge < -0.3 is 10.0 Å². The number of aliphatic hydroxyl groups excluding tert-OH is 1. The molecule has 0 radical (unpaired) electrons. The second-order valence-electron chi connectivity index (χ2n) is 4.32. The van der Waals surface area contributed by atoms with Gasteiger partial charge in [0.2, 0.25) is 5.95 Å². The number of alkyl halides is 3. The van der Waals surface area contributed by atoms with Gasteiger partial charge >= 0.3 is 6.18 Å². The lowest BCUT2D eigenvalue weighted by atomic mass is 10.1. The third-order valence-corrected chi connectivity index (χ3v) is 2.85. The Kier molecular flexibility index (Phi) is 3.76. The van der Waals surface area contributed by atoms with E-state index >= 15 is 0 Å². The summed E-state index contributed by atoms with van der Waals surface area (Å²) in [6.45, 7) is 0.785. The first kappa shape index (κ1) is 13.8. The summed E-state index contributed by atoms with van der Waals surface area (Å²) in [6, 6.07) is 0.860. The lowest BCUT2D eigenvalue weighted by Gasteiger charge is -2.31. The summed E-state index contributed by atoms with van der Waals surface area (Å²) in [5.74, 6) is 4.88. The van der Waals surface area contributed by atoms with E-state index in [9.17, 15) is 18.3 Å². The van der Waals surface area contributed by atoms with Crippen LogP contribution in [0.1, 0.15) is 18.5 Å². The number of rotatable bonds is 2. The van der Waals surface area contributed by atoms with Gasteiger partial charge in [0.1, 0.15) is 5.82 Å². The van der Waals surface area contributed by atoms with Crippen molar-refractivity contribution in [1.29, 1.82) is 0 Å². The predicted octanol–water partition coefficient (Wildman–Crippen LogP) is 0.742. The highest BCUT2D eigenvalue weighted by Gasteiger charge is 2.34. The first-order valence-corrected chi connectivity index (χ1v) is 5.76. The van der Waals surface area contributed by atoms with Crippen molar-refractivity contribution in [2.45, 2.75) is 25.1 Å². The molecule has 1 fully saturated rings. The van der Waals surface area contributed by atoms with Crippen molar-refractivity contribution in [3.8, 4) is 0 Å². The molecular weight excluding hydrogens is 263 g/mol. The molecule has 4 N–H and O–H groups in total. The molecule has 9 heteroatoms. The molecule has 0 aliphatic carbocycles. The summed E-state index contributed by atoms with van der Waals surface area (Å²) >= 11 is 0. The van der Waals surface area contributed by atoms with Crippen LogP contribution in [0.15, 0.2) is 6.07 Å². The van der Waals surface area contributed by atoms with Crippen LogP contribution in [-0.2, 0) is 6.18 Å². The van der Waals surface area contributed by atoms with E-state index in [0.29, 0.717) is 19.4 Å². The average molecular weight is 277 g/mol. The number of aliphatic hydroxyl groups is 1. The number of anilines is 2. The molecule has 2 rings (SSSR count). The van der Waals surface area contributed by atoms with E-state index in [2.05, 4.69) is 9.97 Å². The Balaban J connectivity index is 2.34. The molecule has 2 heterocycles. The highest BCUT2D eigenvalue weighted by Crippen LogP contribution is 2.31. The zero-order valence-corrected chi connectivity index (χ0v) is 9.98. The highest BCUT2D eigenvalue weighted by atomic mass is 19.4. The largest absolute Gasteiger partial charge is 0.433 e. The molecule has 0 bridgehead atoms. The van der Waals surface area contributed by atoms with Crippen LogP contribution >= 0.6 is 0 Å². The molecule has 0 aromatic carbocycles. The molecule has 1 aliphatic rings. The molecule has 1 atom stereocenters. The molecular formula is C10H14F3N5O. The van der Waals surface area contributed by atoms with E-state index in [1.165, 1.54) is 0 Å². The minimum atomic E-state index is -4.57. The average Bonchev–Trinajstić information content (AvgIpc) is 2.37. The van der Waals surface area contributed by atoms with E-state index in [1.54, 1.807) is 4.90 Å². The van der Waals surface area contributed by atoms with Gasteiger partial charge in [-0.15, -0.1) is 0 Å². The molecule has 0 spiro atoms. The molecule has 0 amide bonds. The van der Waals surface area contributed by atoms with Gasteiger partial charge in [0.25, 0.3) is 0 Å². The van der Waals surface area contributed by atoms with Crippen molar-refractivity contribution < 1.29 is 18.3 Å². The maximum Gasteiger partial charge on any atom is 0.433 e. The van der Waals surface area contributed by atoms with Gasteiger partial charge in [0.15, 0.2) is 5.69 Å². The minimum absolute atomic E-state index is 0.106. The smallest absolute Gasteiger partial charge is 0.391 e. The van der Waals surface area contributed by atoms with Gasteiger partial charge in [-0.1, -0.05) is 0 Å². The summed E-state index contributed by atoms with van der Waals surface area (Å²) in [5.41, 5.74) is 0.954. The van der Waals surface area contributed by atoms with Crippen molar-refractivity contribution in [2.24, 2.45) is 5.84 Å². The van der Waals surface area contributed by atoms with Gasteiger partial charge in [0, 0.05) is 19.2 Å². The Morgan fingerprint density at radius 1 is 1.42 bits per heavy atom. The third-order valence-electron chi connectivity index (χ3n) is 2.85. The first-order chi connectivity index (χ1) is 8.90. The molecule has 6 nitrogen and oxygen atoms in total. The number of aromatic nitrogens is 2. The van der Waals surface area contributed by atoms with Crippen LogP contribution in [0.2, 0.25) is 0 Å². The third kappa shape index (κ3) is 3.24. The Morgan fingerprint density at radius 3 is 2.74 bits per heavy atom. The molecule has 1 aliphatic heterocycles. The Morgan fingerprint density at radius 2 is 2.16 bits per heavy atom. The number of hydrazine groups is 1. The molecule has 1 saturated heterocycles. The number of hydrogen-bond acceptors (Lipinski definition) is 6. The summed E-state index contributed by atoms with van der Waals surface area (Å²) in [7, 11) is 0. The van der Waals surface area contributed by atoms with Crippen LogP contribution in [0.5, 0.6) is 0 Å². The van der Waals surface area contributed by atoms with Crippen LogP contribution < -0.4 is 16.2 Å². The maximum absolute atomic E-state index is 12.7. The van der Waals surface area contributed by atoms with E-state index in [0.717, 1.165) is 6.07 Å². The molecule has 1 aromatic heterocycles. The quantitative estimate of drug-likeness (QED) is 0.546. The van der Waals surface area contributed by atoms with Crippen LogP contribution in [0.3, 0.4) is 0 Å². The Labute approximate surface area is 107 Å². The number of halogens is 3. The normalized spacial score (nSPS) is 20.5. The fraction of sp³-hybridized carbons (Fsp3) is 0.600. The van der Waals surface area contributed by atoms with Crippen molar-refractivity contribution >= 4 is 11.8 Å². The number of nitrogens with one attached hydrogen (secondary N) is 1. The van der Waals surface area contributed by atoms with Crippen molar-refractivity contribution in [3.63, 3.8) is 0 Å². The van der Waals surface area contributed by atoms with E-state index in [4.69, 9.17) is 5.84 Å². The number of nitrogen functional groups attached to an aromatic ring is 1. The lowest BCUT2D eigenvalue weighted by molar-refractivity contribution is -0.141. The molecule has 1 unspecified atom stereocenters. The van der Waals surface area contributed by atoms with Gasteiger partial charge in [-0.25, -0.2) is 10.8 Å². The van der Waals surface area contributed by atoms with Crippen LogP contribution in [-0.4, -0.2) is 34.3 Å². The van der Waals surface area contributed by atoms with Crippen LogP contribution in [0, 0.1) is 0 Å². The standard InChI is InChI=1S/C10H14F3N5O/c11-10(12,13)7-4-8(16-9(15-7)17-14)18-3-1-2-6(19)5-18/h4,6,19H,1-3,5,14H2,(H,15,16,17). The maximum atomic E-state index is 12.7. The van der Waals surface area contributed by atoms with Crippen molar-refractivity contribution in [1.82, 2.24) is 9.97 Å². The first-order valence-electron chi connectivity index (χ1n) is 5.76. The zero-order chi connectivity index (χ0) is 14.0. The number of nitrogens with zero attached hydrogens (tertiary/aromatic N) is 3. The number of β-amino-alcohol motifs (C(OH)–C–C–N with tert-alkyl or cyclic N) is 1. The van der Waals surface area contributed by atoms with Crippen molar-refractivity contribution in [3.05, 3.63) is 11.8 Å². The second-order valence-corrected chi connectivity index (χ2v) is 4.32. The van der Waals surface area contributed by atoms with Crippen LogP contribution in [0.25, 0.3) is 0 Å². The zero-order valence-electron chi connectivity index (χ0n) is 9.98. The van der Waals surface area contributed by atoms with E-state index in [1.807, 2.05) is 5.43 Å². The highest BCUT2D eigenvalue weighted by molar-refractivity contribution is 5.45. The van der Waals surface area contributed by atoms with Gasteiger partial charge in [-0.3, -0.25) is 5.43 Å². The summed E-state index contributed by atoms with van der Waals surface area (Å²) in [5, 5.41) is 9.55. The topological polar surface area (TPSA) is 87.3 Å². The second kappa shape index (κ2) is 5.17. The Hall–Kier alpha value is -1.61. The summed E-state index contributed by atoms with van der Waals surface area (Å²) < 4.78 is 38.1. The number of piperidine rings is 1. The monoisotopic (exact) mass is 277 g/mol. The molecule has 106 valence electrons. The molecule has 19 heavy (non-hydrogen) atoms. The van der Waals surface area contributed by atoms with Gasteiger partial charge in [-0.2, -0.15) is 18.2 Å². The van der Waals surface area contributed by atoms with Crippen molar-refractivity contribution in [2.75, 3.05) is 23.4 Å². The van der Waals surface area contributed by atoms with Gasteiger partial charge in [0.05, 0.1) is 6.10 Å². The molecule has 1 aromatic rings. The van der Waals surface area contributed by atoms with E-state index < -0.39 is 18.0 Å². The van der Waals surface area contributed by atoms with Gasteiger partial charge in [-0.05, 0) is 12.8 Å². The van der Waals surface area contributed by atoms with E-state index in [-0.39, 0.29) is 18.3 Å². The lowest BCUT2D eigenvalue weighted by Crippen LogP contribution is -2.39.